The Balaban J connectivity index is 2.03. The predicted octanol–water partition coefficient (Wildman–Crippen LogP) is 4.09. The molecule has 0 radical (unpaired) electrons. The van der Waals surface area contributed by atoms with Crippen LogP contribution in [0.2, 0.25) is 5.02 Å². The van der Waals surface area contributed by atoms with E-state index in [9.17, 15) is 4.39 Å². The summed E-state index contributed by atoms with van der Waals surface area (Å²) in [5.74, 6) is 0.116. The van der Waals surface area contributed by atoms with Crippen molar-refractivity contribution in [2.75, 3.05) is 11.9 Å². The Hall–Kier alpha value is -0.800. The Bertz CT molecular complexity index is 411. The Morgan fingerprint density at radius 1 is 1.44 bits per heavy atom. The zero-order valence-corrected chi connectivity index (χ0v) is 11.5. The van der Waals surface area contributed by atoms with Crippen LogP contribution in [-0.2, 0) is 4.74 Å². The summed E-state index contributed by atoms with van der Waals surface area (Å²) in [6, 6.07) is 5.29. The van der Waals surface area contributed by atoms with Crippen molar-refractivity contribution in [2.24, 2.45) is 5.92 Å². The monoisotopic (exact) mass is 271 g/mol. The second-order valence-corrected chi connectivity index (χ2v) is 5.53. The van der Waals surface area contributed by atoms with Gasteiger partial charge in [0, 0.05) is 12.6 Å². The zero-order chi connectivity index (χ0) is 13.1. The normalized spacial score (nSPS) is 24.3. The van der Waals surface area contributed by atoms with Crippen molar-refractivity contribution in [3.05, 3.63) is 29.0 Å². The number of rotatable bonds is 3. The van der Waals surface area contributed by atoms with Gasteiger partial charge in [-0.3, -0.25) is 0 Å². The number of nitrogens with one attached hydrogen (secondary N) is 1. The molecule has 1 aliphatic heterocycles. The summed E-state index contributed by atoms with van der Waals surface area (Å²) in [5.41, 5.74) is 0.483. The third kappa shape index (κ3) is 3.15. The van der Waals surface area contributed by atoms with Crippen LogP contribution in [0.5, 0.6) is 0 Å². The summed E-state index contributed by atoms with van der Waals surface area (Å²) >= 11 is 5.77. The summed E-state index contributed by atoms with van der Waals surface area (Å²) in [5, 5.41) is 3.40. The van der Waals surface area contributed by atoms with Crippen LogP contribution in [0, 0.1) is 11.7 Å². The maximum Gasteiger partial charge on any atom is 0.164 e. The molecule has 1 N–H and O–H groups in total. The van der Waals surface area contributed by atoms with Gasteiger partial charge in [-0.05, 0) is 30.9 Å². The van der Waals surface area contributed by atoms with Gasteiger partial charge in [-0.25, -0.2) is 4.39 Å². The van der Waals surface area contributed by atoms with Gasteiger partial charge in [-0.15, -0.1) is 0 Å². The molecule has 1 aromatic rings. The lowest BCUT2D eigenvalue weighted by molar-refractivity contribution is -0.0161. The molecule has 4 heteroatoms. The second-order valence-electron chi connectivity index (χ2n) is 5.12. The van der Waals surface area contributed by atoms with E-state index in [0.717, 1.165) is 19.4 Å². The molecule has 18 heavy (non-hydrogen) atoms. The highest BCUT2D eigenvalue weighted by Crippen LogP contribution is 2.26. The molecule has 0 aromatic heterocycles. The first-order chi connectivity index (χ1) is 8.58. The topological polar surface area (TPSA) is 21.3 Å². The quantitative estimate of drug-likeness (QED) is 0.894. The summed E-state index contributed by atoms with van der Waals surface area (Å²) < 4.78 is 19.5. The third-order valence-electron chi connectivity index (χ3n) is 3.37. The Labute approximate surface area is 112 Å². The number of hydrogen-bond donors (Lipinski definition) is 1. The van der Waals surface area contributed by atoms with Crippen LogP contribution in [0.4, 0.5) is 10.1 Å². The molecule has 0 bridgehead atoms. The molecule has 0 spiro atoms. The van der Waals surface area contributed by atoms with Crippen LogP contribution in [0.15, 0.2) is 18.2 Å². The minimum Gasteiger partial charge on any atom is -0.380 e. The van der Waals surface area contributed by atoms with Crippen molar-refractivity contribution in [1.82, 2.24) is 0 Å². The van der Waals surface area contributed by atoms with E-state index < -0.39 is 0 Å². The highest BCUT2D eigenvalue weighted by atomic mass is 35.5. The fourth-order valence-corrected chi connectivity index (χ4v) is 2.43. The van der Waals surface area contributed by atoms with Crippen molar-refractivity contribution < 1.29 is 9.13 Å². The standard InChI is InChI=1S/C14H19ClFNO/c1-9(2)13-8-10(6-7-18-13)17-12-5-3-4-11(15)14(12)16/h3-5,9-10,13,17H,6-8H2,1-2H3. The summed E-state index contributed by atoms with van der Waals surface area (Å²) in [7, 11) is 0. The molecule has 2 rings (SSSR count). The number of ether oxygens (including phenoxy) is 1. The summed E-state index contributed by atoms with van der Waals surface area (Å²) in [6.45, 7) is 5.02. The number of halogens is 2. The highest BCUT2D eigenvalue weighted by molar-refractivity contribution is 6.31. The molecule has 2 nitrogen and oxygen atoms in total. The molecule has 1 aromatic carbocycles. The highest BCUT2D eigenvalue weighted by Gasteiger charge is 2.25. The Morgan fingerprint density at radius 3 is 2.94 bits per heavy atom. The van der Waals surface area contributed by atoms with Gasteiger partial charge in [0.2, 0.25) is 0 Å². The fraction of sp³-hybridized carbons (Fsp3) is 0.571. The van der Waals surface area contributed by atoms with Gasteiger partial charge >= 0.3 is 0 Å². The minimum absolute atomic E-state index is 0.160. The molecule has 0 amide bonds. The number of anilines is 1. The summed E-state index contributed by atoms with van der Waals surface area (Å²) in [4.78, 5) is 0. The van der Waals surface area contributed by atoms with Gasteiger partial charge in [0.05, 0.1) is 16.8 Å². The van der Waals surface area contributed by atoms with E-state index in [2.05, 4.69) is 19.2 Å². The third-order valence-corrected chi connectivity index (χ3v) is 3.66. The largest absolute Gasteiger partial charge is 0.380 e. The summed E-state index contributed by atoms with van der Waals surface area (Å²) in [6.07, 6.45) is 2.05. The van der Waals surface area contributed by atoms with E-state index in [1.807, 2.05) is 0 Å². The van der Waals surface area contributed by atoms with Crippen LogP contribution in [-0.4, -0.2) is 18.8 Å². The lowest BCUT2D eigenvalue weighted by Crippen LogP contribution is -2.36. The molecular formula is C14H19ClFNO. The molecule has 2 atom stereocenters. The van der Waals surface area contributed by atoms with Crippen LogP contribution < -0.4 is 5.32 Å². The smallest absolute Gasteiger partial charge is 0.164 e. The van der Waals surface area contributed by atoms with Crippen molar-refractivity contribution in [1.29, 1.82) is 0 Å². The van der Waals surface area contributed by atoms with E-state index in [1.54, 1.807) is 18.2 Å². The van der Waals surface area contributed by atoms with Gasteiger partial charge in [0.15, 0.2) is 5.82 Å². The van der Waals surface area contributed by atoms with Crippen LogP contribution >= 0.6 is 11.6 Å². The molecule has 0 aliphatic carbocycles. The van der Waals surface area contributed by atoms with Crippen LogP contribution in [0.1, 0.15) is 26.7 Å². The van der Waals surface area contributed by atoms with Crippen LogP contribution in [0.3, 0.4) is 0 Å². The van der Waals surface area contributed by atoms with E-state index >= 15 is 0 Å². The van der Waals surface area contributed by atoms with Gasteiger partial charge in [0.1, 0.15) is 0 Å². The van der Waals surface area contributed by atoms with E-state index in [4.69, 9.17) is 16.3 Å². The first-order valence-corrected chi connectivity index (χ1v) is 6.78. The molecule has 0 saturated carbocycles. The van der Waals surface area contributed by atoms with Crippen molar-refractivity contribution >= 4 is 17.3 Å². The maximum atomic E-state index is 13.8. The molecule has 1 aliphatic rings. The predicted molar refractivity (Wildman–Crippen MR) is 72.6 cm³/mol. The molecule has 100 valence electrons. The van der Waals surface area contributed by atoms with Crippen molar-refractivity contribution in [2.45, 2.75) is 38.8 Å². The molecule has 1 fully saturated rings. The SMILES string of the molecule is CC(C)C1CC(Nc2cccc(Cl)c2F)CCO1. The number of hydrogen-bond acceptors (Lipinski definition) is 2. The Morgan fingerprint density at radius 2 is 2.22 bits per heavy atom. The van der Waals surface area contributed by atoms with Gasteiger partial charge in [0.25, 0.3) is 0 Å². The average molecular weight is 272 g/mol. The lowest BCUT2D eigenvalue weighted by atomic mass is 9.95. The number of benzene rings is 1. The average Bonchev–Trinajstić information content (AvgIpc) is 2.35. The molecule has 1 saturated heterocycles. The van der Waals surface area contributed by atoms with Crippen LogP contribution in [0.25, 0.3) is 0 Å². The second kappa shape index (κ2) is 5.89. The van der Waals surface area contributed by atoms with Crippen molar-refractivity contribution in [3.8, 4) is 0 Å². The lowest BCUT2D eigenvalue weighted by Gasteiger charge is -2.33. The van der Waals surface area contributed by atoms with Crippen molar-refractivity contribution in [3.63, 3.8) is 0 Å². The van der Waals surface area contributed by atoms with Gasteiger partial charge in [-0.2, -0.15) is 0 Å². The minimum atomic E-state index is -0.369. The molecular weight excluding hydrogens is 253 g/mol. The maximum absolute atomic E-state index is 13.8. The first kappa shape index (κ1) is 13.6. The fourth-order valence-electron chi connectivity index (χ4n) is 2.26. The van der Waals surface area contributed by atoms with E-state index in [1.165, 1.54) is 0 Å². The molecule has 1 heterocycles. The van der Waals surface area contributed by atoms with Gasteiger partial charge in [-0.1, -0.05) is 31.5 Å². The first-order valence-electron chi connectivity index (χ1n) is 6.40. The Kier molecular flexibility index (Phi) is 4.46. The van der Waals surface area contributed by atoms with Gasteiger partial charge < -0.3 is 10.1 Å². The zero-order valence-electron chi connectivity index (χ0n) is 10.7. The van der Waals surface area contributed by atoms with E-state index in [-0.39, 0.29) is 23.0 Å². The van der Waals surface area contributed by atoms with E-state index in [0.29, 0.717) is 11.6 Å². The molecule has 2 unspecified atom stereocenters.